The largest absolute Gasteiger partial charge is 0.323 e. The van der Waals surface area contributed by atoms with Crippen molar-refractivity contribution in [3.63, 3.8) is 0 Å². The molecule has 2 aliphatic heterocycles. The molecule has 1 amide bonds. The van der Waals surface area contributed by atoms with Crippen molar-refractivity contribution in [1.82, 2.24) is 9.21 Å². The van der Waals surface area contributed by atoms with Gasteiger partial charge in [-0.1, -0.05) is 46.3 Å². The number of benzene rings is 2. The summed E-state index contributed by atoms with van der Waals surface area (Å²) >= 11 is 5.00. The minimum absolute atomic E-state index is 0.137. The lowest BCUT2D eigenvalue weighted by atomic mass is 10.0. The molecule has 8 heteroatoms. The van der Waals surface area contributed by atoms with Crippen molar-refractivity contribution in [3.05, 3.63) is 64.6 Å². The molecular formula is C20H21BrN2O3S2. The van der Waals surface area contributed by atoms with Crippen LogP contribution in [0.2, 0.25) is 0 Å². The zero-order chi connectivity index (χ0) is 19.8. The molecule has 5 nitrogen and oxygen atoms in total. The number of rotatable bonds is 4. The van der Waals surface area contributed by atoms with Crippen LogP contribution in [0.4, 0.5) is 0 Å². The second-order valence-electron chi connectivity index (χ2n) is 7.06. The molecule has 0 unspecified atom stereocenters. The van der Waals surface area contributed by atoms with E-state index in [9.17, 15) is 13.2 Å². The van der Waals surface area contributed by atoms with E-state index < -0.39 is 10.0 Å². The predicted octanol–water partition coefficient (Wildman–Crippen LogP) is 3.71. The zero-order valence-electron chi connectivity index (χ0n) is 15.3. The average molecular weight is 481 g/mol. The highest BCUT2D eigenvalue weighted by molar-refractivity contribution is 9.10. The molecule has 0 aromatic heterocycles. The Morgan fingerprint density at radius 2 is 1.64 bits per heavy atom. The van der Waals surface area contributed by atoms with Gasteiger partial charge >= 0.3 is 0 Å². The summed E-state index contributed by atoms with van der Waals surface area (Å²) in [5, 5.41) is 0. The van der Waals surface area contributed by atoms with Crippen LogP contribution in [0.5, 0.6) is 0 Å². The third-order valence-corrected chi connectivity index (χ3v) is 9.39. The number of sulfonamides is 1. The summed E-state index contributed by atoms with van der Waals surface area (Å²) in [5.41, 5.74) is 1.10. The monoisotopic (exact) mass is 480 g/mol. The number of thioether (sulfide) groups is 1. The zero-order valence-corrected chi connectivity index (χ0v) is 18.5. The van der Waals surface area contributed by atoms with Gasteiger partial charge in [0.25, 0.3) is 0 Å². The van der Waals surface area contributed by atoms with Crippen LogP contribution in [0, 0.1) is 0 Å². The van der Waals surface area contributed by atoms with Crippen LogP contribution in [-0.4, -0.2) is 47.2 Å². The third kappa shape index (κ3) is 3.75. The highest BCUT2D eigenvalue weighted by atomic mass is 79.9. The van der Waals surface area contributed by atoms with Crippen LogP contribution >= 0.6 is 27.7 Å². The Bertz CT molecular complexity index is 957. The molecule has 1 spiro atoms. The molecule has 0 atom stereocenters. The molecule has 0 bridgehead atoms. The number of hydrogen-bond acceptors (Lipinski definition) is 4. The molecule has 0 saturated carbocycles. The summed E-state index contributed by atoms with van der Waals surface area (Å²) in [4.78, 5) is 14.5. The molecule has 0 aliphatic carbocycles. The normalized spacial score (nSPS) is 20.0. The molecule has 2 fully saturated rings. The van der Waals surface area contributed by atoms with E-state index in [1.54, 1.807) is 40.3 Å². The summed E-state index contributed by atoms with van der Waals surface area (Å²) < 4.78 is 28.3. The molecule has 28 heavy (non-hydrogen) atoms. The molecule has 2 aromatic rings. The summed E-state index contributed by atoms with van der Waals surface area (Å²) in [6.45, 7) is 1.42. The lowest BCUT2D eigenvalue weighted by Crippen LogP contribution is -2.52. The summed E-state index contributed by atoms with van der Waals surface area (Å²) in [5.74, 6) is 0.602. The van der Waals surface area contributed by atoms with Crippen molar-refractivity contribution in [2.45, 2.75) is 29.2 Å². The molecule has 2 aliphatic rings. The van der Waals surface area contributed by atoms with Gasteiger partial charge in [0.15, 0.2) is 0 Å². The molecule has 0 radical (unpaired) electrons. The van der Waals surface area contributed by atoms with Gasteiger partial charge in [0.1, 0.15) is 0 Å². The highest BCUT2D eigenvalue weighted by Gasteiger charge is 2.49. The molecule has 2 saturated heterocycles. The second kappa shape index (κ2) is 7.82. The Morgan fingerprint density at radius 1 is 1.00 bits per heavy atom. The van der Waals surface area contributed by atoms with E-state index in [2.05, 4.69) is 15.9 Å². The van der Waals surface area contributed by atoms with Crippen molar-refractivity contribution in [2.24, 2.45) is 0 Å². The fourth-order valence-corrected chi connectivity index (χ4v) is 6.87. The van der Waals surface area contributed by atoms with Crippen LogP contribution in [0.3, 0.4) is 0 Å². The van der Waals surface area contributed by atoms with E-state index >= 15 is 0 Å². The van der Waals surface area contributed by atoms with Crippen LogP contribution in [0.15, 0.2) is 64.0 Å². The van der Waals surface area contributed by atoms with Crippen molar-refractivity contribution in [2.75, 3.05) is 18.8 Å². The molecule has 148 valence electrons. The Morgan fingerprint density at radius 3 is 2.29 bits per heavy atom. The smallest absolute Gasteiger partial charge is 0.243 e. The molecular weight excluding hydrogens is 460 g/mol. The Hall–Kier alpha value is -1.35. The van der Waals surface area contributed by atoms with Gasteiger partial charge in [-0.2, -0.15) is 4.31 Å². The molecule has 2 aromatic carbocycles. The van der Waals surface area contributed by atoms with E-state index in [-0.39, 0.29) is 10.8 Å². The second-order valence-corrected chi connectivity index (χ2v) is 11.2. The van der Waals surface area contributed by atoms with E-state index in [0.717, 1.165) is 10.0 Å². The Kier molecular flexibility index (Phi) is 5.57. The first kappa shape index (κ1) is 19.9. The van der Waals surface area contributed by atoms with Gasteiger partial charge in [-0.3, -0.25) is 4.79 Å². The average Bonchev–Trinajstić information content (AvgIpc) is 2.99. The van der Waals surface area contributed by atoms with Gasteiger partial charge in [-0.15, -0.1) is 11.8 Å². The first-order chi connectivity index (χ1) is 13.4. The topological polar surface area (TPSA) is 57.7 Å². The molecule has 2 heterocycles. The minimum atomic E-state index is -3.52. The van der Waals surface area contributed by atoms with E-state index in [1.165, 1.54) is 0 Å². The predicted molar refractivity (Wildman–Crippen MR) is 114 cm³/mol. The van der Waals surface area contributed by atoms with Crippen LogP contribution in [0.25, 0.3) is 0 Å². The van der Waals surface area contributed by atoms with E-state index in [0.29, 0.717) is 43.1 Å². The van der Waals surface area contributed by atoms with Crippen molar-refractivity contribution in [1.29, 1.82) is 0 Å². The summed E-state index contributed by atoms with van der Waals surface area (Å²) in [6, 6.07) is 16.7. The number of hydrogen-bond donors (Lipinski definition) is 0. The van der Waals surface area contributed by atoms with Gasteiger partial charge in [0.05, 0.1) is 15.5 Å². The van der Waals surface area contributed by atoms with Gasteiger partial charge in [0.2, 0.25) is 15.9 Å². The lowest BCUT2D eigenvalue weighted by Gasteiger charge is -2.43. The van der Waals surface area contributed by atoms with Crippen LogP contribution in [-0.2, 0) is 21.4 Å². The third-order valence-electron chi connectivity index (χ3n) is 5.40. The number of nitrogens with zero attached hydrogens (tertiary/aromatic N) is 2. The Labute approximate surface area is 178 Å². The first-order valence-corrected chi connectivity index (χ1v) is 12.4. The van der Waals surface area contributed by atoms with Gasteiger partial charge in [-0.05, 0) is 42.7 Å². The lowest BCUT2D eigenvalue weighted by molar-refractivity contribution is -0.131. The summed E-state index contributed by atoms with van der Waals surface area (Å²) in [7, 11) is -3.52. The minimum Gasteiger partial charge on any atom is -0.323 e. The highest BCUT2D eigenvalue weighted by Crippen LogP contribution is 2.45. The molecule has 4 rings (SSSR count). The maximum absolute atomic E-state index is 13.0. The van der Waals surface area contributed by atoms with E-state index in [1.807, 2.05) is 35.2 Å². The SMILES string of the molecule is O=C1CSC2(CCN(S(=O)(=O)c3ccc(Br)cc3)CC2)N1Cc1ccccc1. The fraction of sp³-hybridized carbons (Fsp3) is 0.350. The first-order valence-electron chi connectivity index (χ1n) is 9.15. The van der Waals surface area contributed by atoms with Gasteiger partial charge in [-0.25, -0.2) is 8.42 Å². The maximum Gasteiger partial charge on any atom is 0.243 e. The standard InChI is InChI=1S/C20H21BrN2O3S2/c21-17-6-8-18(9-7-17)28(25,26)22-12-10-20(11-13-22)23(19(24)15-27-20)14-16-4-2-1-3-5-16/h1-9H,10-15H2. The number of amides is 1. The number of halogens is 1. The van der Waals surface area contributed by atoms with Crippen molar-refractivity contribution in [3.8, 4) is 0 Å². The van der Waals surface area contributed by atoms with Crippen molar-refractivity contribution >= 4 is 43.6 Å². The Balaban J connectivity index is 1.50. The van der Waals surface area contributed by atoms with E-state index in [4.69, 9.17) is 0 Å². The number of piperidine rings is 1. The van der Waals surface area contributed by atoms with Gasteiger partial charge < -0.3 is 4.90 Å². The van der Waals surface area contributed by atoms with Crippen molar-refractivity contribution < 1.29 is 13.2 Å². The number of carbonyl (C=O) groups is 1. The quantitative estimate of drug-likeness (QED) is 0.669. The van der Waals surface area contributed by atoms with Crippen LogP contribution in [0.1, 0.15) is 18.4 Å². The maximum atomic E-state index is 13.0. The molecule has 0 N–H and O–H groups in total. The fourth-order valence-electron chi connectivity index (χ4n) is 3.82. The number of carbonyl (C=O) groups excluding carboxylic acids is 1. The van der Waals surface area contributed by atoms with Gasteiger partial charge in [0, 0.05) is 24.1 Å². The summed E-state index contributed by atoms with van der Waals surface area (Å²) in [6.07, 6.45) is 1.29. The van der Waals surface area contributed by atoms with Crippen LogP contribution < -0.4 is 0 Å².